The molecule has 0 unspecified atom stereocenters. The molecule has 0 aliphatic heterocycles. The first-order valence-corrected chi connectivity index (χ1v) is 10.8. The second kappa shape index (κ2) is 10.1. The van der Waals surface area contributed by atoms with Crippen molar-refractivity contribution in [2.24, 2.45) is 0 Å². The van der Waals surface area contributed by atoms with Crippen LogP contribution in [0.4, 0.5) is 0 Å². The second-order valence-electron chi connectivity index (χ2n) is 7.09. The van der Waals surface area contributed by atoms with E-state index in [0.717, 1.165) is 49.2 Å². The van der Waals surface area contributed by atoms with Crippen LogP contribution in [-0.4, -0.2) is 31.9 Å². The average molecular weight is 433 g/mol. The lowest BCUT2D eigenvalue weighted by molar-refractivity contribution is 0.0734. The molecule has 0 aliphatic carbocycles. The Kier molecular flexibility index (Phi) is 7.51. The molecule has 2 heterocycles. The monoisotopic (exact) mass is 432 g/mol. The lowest BCUT2D eigenvalue weighted by Gasteiger charge is -2.23. The number of hydrogen-bond donors (Lipinski definition) is 0. The minimum absolute atomic E-state index is 0.0669. The standard InChI is InChI=1S/C22H26Cl2N4O/c1-3-5-6-13-27(22(29)16-9-10-17(23)18(24)14-16)15-20-26-19-8-7-11-25-21(19)28(20)12-4-2/h7-11,14H,3-6,12-13,15H2,1-2H3. The Morgan fingerprint density at radius 3 is 2.66 bits per heavy atom. The van der Waals surface area contributed by atoms with E-state index in [1.165, 1.54) is 0 Å². The SMILES string of the molecule is CCCCCN(Cc1nc2cccnc2n1CCC)C(=O)c1ccc(Cl)c(Cl)c1. The summed E-state index contributed by atoms with van der Waals surface area (Å²) in [6.45, 7) is 6.18. The minimum Gasteiger partial charge on any atom is -0.331 e. The molecule has 29 heavy (non-hydrogen) atoms. The molecule has 0 atom stereocenters. The number of imidazole rings is 1. The van der Waals surface area contributed by atoms with Crippen molar-refractivity contribution in [3.05, 3.63) is 58.0 Å². The Morgan fingerprint density at radius 1 is 1.10 bits per heavy atom. The molecule has 5 nitrogen and oxygen atoms in total. The van der Waals surface area contributed by atoms with Gasteiger partial charge in [-0.25, -0.2) is 9.97 Å². The molecule has 0 aliphatic rings. The molecule has 0 bridgehead atoms. The van der Waals surface area contributed by atoms with Crippen LogP contribution in [0.25, 0.3) is 11.2 Å². The number of pyridine rings is 1. The first kappa shape index (κ1) is 21.6. The Balaban J connectivity index is 1.93. The summed E-state index contributed by atoms with van der Waals surface area (Å²) in [5.74, 6) is 0.785. The van der Waals surface area contributed by atoms with Crippen LogP contribution in [0.15, 0.2) is 36.5 Å². The summed E-state index contributed by atoms with van der Waals surface area (Å²) in [6, 6.07) is 8.86. The molecule has 1 aromatic carbocycles. The Morgan fingerprint density at radius 2 is 1.93 bits per heavy atom. The van der Waals surface area contributed by atoms with Gasteiger partial charge in [0, 0.05) is 24.8 Å². The van der Waals surface area contributed by atoms with Gasteiger partial charge in [0.2, 0.25) is 0 Å². The fourth-order valence-corrected chi connectivity index (χ4v) is 3.67. The number of amides is 1. The van der Waals surface area contributed by atoms with Crippen LogP contribution in [0.3, 0.4) is 0 Å². The number of unbranched alkanes of at least 4 members (excludes halogenated alkanes) is 2. The number of nitrogens with zero attached hydrogens (tertiary/aromatic N) is 4. The van der Waals surface area contributed by atoms with Crippen LogP contribution < -0.4 is 0 Å². The zero-order chi connectivity index (χ0) is 20.8. The smallest absolute Gasteiger partial charge is 0.254 e. The van der Waals surface area contributed by atoms with Gasteiger partial charge in [-0.15, -0.1) is 0 Å². The molecule has 3 rings (SSSR count). The fraction of sp³-hybridized carbons (Fsp3) is 0.409. The van der Waals surface area contributed by atoms with Gasteiger partial charge >= 0.3 is 0 Å². The first-order chi connectivity index (χ1) is 14.0. The summed E-state index contributed by atoms with van der Waals surface area (Å²) in [5, 5.41) is 0.824. The molecular formula is C22H26Cl2N4O. The van der Waals surface area contributed by atoms with Crippen LogP contribution in [0, 0.1) is 0 Å². The molecule has 154 valence electrons. The number of rotatable bonds is 9. The van der Waals surface area contributed by atoms with Gasteiger partial charge in [0.25, 0.3) is 5.91 Å². The first-order valence-electron chi connectivity index (χ1n) is 10.1. The number of aromatic nitrogens is 3. The third-order valence-electron chi connectivity index (χ3n) is 4.85. The molecule has 0 fully saturated rings. The highest BCUT2D eigenvalue weighted by molar-refractivity contribution is 6.42. The summed E-state index contributed by atoms with van der Waals surface area (Å²) in [6.07, 6.45) is 5.84. The average Bonchev–Trinajstić information content (AvgIpc) is 3.06. The normalized spacial score (nSPS) is 11.2. The fourth-order valence-electron chi connectivity index (χ4n) is 3.37. The number of carbonyl (C=O) groups is 1. The van der Waals surface area contributed by atoms with E-state index in [-0.39, 0.29) is 5.91 Å². The highest BCUT2D eigenvalue weighted by Gasteiger charge is 2.20. The van der Waals surface area contributed by atoms with Crippen molar-refractivity contribution in [3.63, 3.8) is 0 Å². The number of benzene rings is 1. The molecule has 1 amide bonds. The van der Waals surface area contributed by atoms with E-state index in [0.29, 0.717) is 28.7 Å². The molecule has 0 saturated carbocycles. The van der Waals surface area contributed by atoms with Crippen LogP contribution in [0.2, 0.25) is 10.0 Å². The third-order valence-corrected chi connectivity index (χ3v) is 5.59. The lowest BCUT2D eigenvalue weighted by Crippen LogP contribution is -2.32. The van der Waals surface area contributed by atoms with Crippen molar-refractivity contribution >= 4 is 40.3 Å². The Bertz CT molecular complexity index is 986. The van der Waals surface area contributed by atoms with Crippen molar-refractivity contribution in [2.45, 2.75) is 52.6 Å². The van der Waals surface area contributed by atoms with Gasteiger partial charge in [0.1, 0.15) is 11.3 Å². The maximum absolute atomic E-state index is 13.3. The molecule has 3 aromatic rings. The summed E-state index contributed by atoms with van der Waals surface area (Å²) in [7, 11) is 0. The molecule has 2 aromatic heterocycles. The molecule has 0 radical (unpaired) electrons. The summed E-state index contributed by atoms with van der Waals surface area (Å²) in [4.78, 5) is 24.4. The van der Waals surface area contributed by atoms with E-state index in [9.17, 15) is 4.79 Å². The van der Waals surface area contributed by atoms with E-state index >= 15 is 0 Å². The maximum atomic E-state index is 13.3. The van der Waals surface area contributed by atoms with Gasteiger partial charge < -0.3 is 9.47 Å². The van der Waals surface area contributed by atoms with Gasteiger partial charge in [-0.3, -0.25) is 4.79 Å². The van der Waals surface area contributed by atoms with Crippen LogP contribution in [0.5, 0.6) is 0 Å². The van der Waals surface area contributed by atoms with Crippen molar-refractivity contribution in [1.29, 1.82) is 0 Å². The quantitative estimate of drug-likeness (QED) is 0.390. The predicted molar refractivity (Wildman–Crippen MR) is 119 cm³/mol. The summed E-state index contributed by atoms with van der Waals surface area (Å²) < 4.78 is 2.12. The van der Waals surface area contributed by atoms with Crippen LogP contribution >= 0.6 is 23.2 Å². The molecule has 0 spiro atoms. The van der Waals surface area contributed by atoms with Gasteiger partial charge in [0.15, 0.2) is 5.65 Å². The zero-order valence-corrected chi connectivity index (χ0v) is 18.4. The largest absolute Gasteiger partial charge is 0.331 e. The van der Waals surface area contributed by atoms with Gasteiger partial charge in [-0.1, -0.05) is 49.9 Å². The minimum atomic E-state index is -0.0669. The van der Waals surface area contributed by atoms with Crippen molar-refractivity contribution in [3.8, 4) is 0 Å². The molecule has 0 saturated heterocycles. The third kappa shape index (κ3) is 5.09. The highest BCUT2D eigenvalue weighted by Crippen LogP contribution is 2.24. The second-order valence-corrected chi connectivity index (χ2v) is 7.90. The van der Waals surface area contributed by atoms with Crippen molar-refractivity contribution in [1.82, 2.24) is 19.4 Å². The van der Waals surface area contributed by atoms with Gasteiger partial charge in [0.05, 0.1) is 16.6 Å². The van der Waals surface area contributed by atoms with Crippen LogP contribution in [0.1, 0.15) is 55.7 Å². The maximum Gasteiger partial charge on any atom is 0.254 e. The molecule has 7 heteroatoms. The van der Waals surface area contributed by atoms with E-state index in [1.54, 1.807) is 24.4 Å². The summed E-state index contributed by atoms with van der Waals surface area (Å²) >= 11 is 12.2. The number of aryl methyl sites for hydroxylation is 1. The predicted octanol–water partition coefficient (Wildman–Crippen LogP) is 5.98. The van der Waals surface area contributed by atoms with E-state index in [2.05, 4.69) is 23.4 Å². The van der Waals surface area contributed by atoms with E-state index in [4.69, 9.17) is 28.2 Å². The number of fused-ring (bicyclic) bond motifs is 1. The van der Waals surface area contributed by atoms with E-state index in [1.807, 2.05) is 17.0 Å². The Labute approximate surface area is 181 Å². The molecule has 0 N–H and O–H groups in total. The number of halogens is 2. The molecular weight excluding hydrogens is 407 g/mol. The van der Waals surface area contributed by atoms with Gasteiger partial charge in [-0.05, 0) is 43.2 Å². The van der Waals surface area contributed by atoms with Crippen molar-refractivity contribution in [2.75, 3.05) is 6.54 Å². The lowest BCUT2D eigenvalue weighted by atomic mass is 10.1. The van der Waals surface area contributed by atoms with Gasteiger partial charge in [-0.2, -0.15) is 0 Å². The highest BCUT2D eigenvalue weighted by atomic mass is 35.5. The number of carbonyl (C=O) groups excluding carboxylic acids is 1. The summed E-state index contributed by atoms with van der Waals surface area (Å²) in [5.41, 5.74) is 2.25. The van der Waals surface area contributed by atoms with E-state index < -0.39 is 0 Å². The topological polar surface area (TPSA) is 51.0 Å². The zero-order valence-electron chi connectivity index (χ0n) is 16.9. The van der Waals surface area contributed by atoms with Crippen LogP contribution in [-0.2, 0) is 13.1 Å². The Hall–Kier alpha value is -2.11. The number of hydrogen-bond acceptors (Lipinski definition) is 3. The van der Waals surface area contributed by atoms with Crippen molar-refractivity contribution < 1.29 is 4.79 Å².